The second kappa shape index (κ2) is 5.23. The SMILES string of the molecule is Cc1ccc2ncc(C(=O)N3CCC(O)(C(F)(F)F)CC3)n2c1. The van der Waals surface area contributed by atoms with E-state index in [0.29, 0.717) is 11.3 Å². The first-order chi connectivity index (χ1) is 10.7. The Bertz CT molecular complexity index is 746. The van der Waals surface area contributed by atoms with Crippen LogP contribution in [0.3, 0.4) is 0 Å². The normalized spacial score (nSPS) is 18.4. The average Bonchev–Trinajstić information content (AvgIpc) is 2.89. The molecule has 1 saturated heterocycles. The fourth-order valence-corrected chi connectivity index (χ4v) is 2.77. The van der Waals surface area contributed by atoms with Gasteiger partial charge < -0.3 is 10.0 Å². The Hall–Kier alpha value is -2.09. The second-order valence-corrected chi connectivity index (χ2v) is 5.90. The van der Waals surface area contributed by atoms with Crippen LogP contribution < -0.4 is 0 Å². The highest BCUT2D eigenvalue weighted by molar-refractivity contribution is 5.93. The maximum atomic E-state index is 12.8. The Labute approximate surface area is 130 Å². The predicted octanol–water partition coefficient (Wildman–Crippen LogP) is 2.17. The van der Waals surface area contributed by atoms with E-state index in [4.69, 9.17) is 0 Å². The van der Waals surface area contributed by atoms with Gasteiger partial charge in [-0.05, 0) is 18.6 Å². The third kappa shape index (κ3) is 2.67. The van der Waals surface area contributed by atoms with E-state index < -0.39 is 24.6 Å². The van der Waals surface area contributed by atoms with E-state index in [0.717, 1.165) is 5.56 Å². The summed E-state index contributed by atoms with van der Waals surface area (Å²) in [6.07, 6.45) is -2.54. The summed E-state index contributed by atoms with van der Waals surface area (Å²) in [5.41, 5.74) is -0.863. The Morgan fingerprint density at radius 1 is 1.30 bits per heavy atom. The molecule has 0 aliphatic carbocycles. The third-order valence-corrected chi connectivity index (χ3v) is 4.28. The van der Waals surface area contributed by atoms with Crippen molar-refractivity contribution in [2.75, 3.05) is 13.1 Å². The molecular weight excluding hydrogens is 311 g/mol. The van der Waals surface area contributed by atoms with Gasteiger partial charge in [-0.2, -0.15) is 13.2 Å². The van der Waals surface area contributed by atoms with Crippen molar-refractivity contribution in [3.8, 4) is 0 Å². The number of hydrogen-bond acceptors (Lipinski definition) is 3. The van der Waals surface area contributed by atoms with Crippen molar-refractivity contribution in [3.63, 3.8) is 0 Å². The molecule has 3 heterocycles. The number of piperidine rings is 1. The number of aryl methyl sites for hydroxylation is 1. The van der Waals surface area contributed by atoms with Gasteiger partial charge >= 0.3 is 6.18 Å². The van der Waals surface area contributed by atoms with Gasteiger partial charge in [0.25, 0.3) is 5.91 Å². The van der Waals surface area contributed by atoms with Gasteiger partial charge in [0, 0.05) is 32.1 Å². The minimum absolute atomic E-state index is 0.145. The van der Waals surface area contributed by atoms with E-state index >= 15 is 0 Å². The van der Waals surface area contributed by atoms with Crippen molar-refractivity contribution < 1.29 is 23.1 Å². The number of imidazole rings is 1. The van der Waals surface area contributed by atoms with Gasteiger partial charge in [0.05, 0.1) is 6.20 Å². The molecule has 1 fully saturated rings. The second-order valence-electron chi connectivity index (χ2n) is 5.90. The molecule has 5 nitrogen and oxygen atoms in total. The summed E-state index contributed by atoms with van der Waals surface area (Å²) in [4.78, 5) is 18.0. The van der Waals surface area contributed by atoms with E-state index in [9.17, 15) is 23.1 Å². The largest absolute Gasteiger partial charge is 0.417 e. The quantitative estimate of drug-likeness (QED) is 0.873. The number of aromatic nitrogens is 2. The molecule has 2 aromatic rings. The smallest absolute Gasteiger partial charge is 0.380 e. The summed E-state index contributed by atoms with van der Waals surface area (Å²) < 4.78 is 40.1. The minimum atomic E-state index is -4.68. The van der Waals surface area contributed by atoms with Crippen LogP contribution in [0.4, 0.5) is 13.2 Å². The van der Waals surface area contributed by atoms with Crippen molar-refractivity contribution in [3.05, 3.63) is 35.8 Å². The molecule has 0 saturated carbocycles. The Kier molecular flexibility index (Phi) is 3.59. The average molecular weight is 327 g/mol. The molecule has 0 aromatic carbocycles. The number of carbonyl (C=O) groups excluding carboxylic acids is 1. The van der Waals surface area contributed by atoms with Gasteiger partial charge in [-0.3, -0.25) is 9.20 Å². The van der Waals surface area contributed by atoms with Crippen LogP contribution in [0, 0.1) is 6.92 Å². The van der Waals surface area contributed by atoms with Crippen LogP contribution in [0.1, 0.15) is 28.9 Å². The Balaban J connectivity index is 1.81. The molecule has 8 heteroatoms. The predicted molar refractivity (Wildman–Crippen MR) is 76.1 cm³/mol. The summed E-state index contributed by atoms with van der Waals surface area (Å²) >= 11 is 0. The van der Waals surface area contributed by atoms with Crippen molar-refractivity contribution in [2.45, 2.75) is 31.5 Å². The monoisotopic (exact) mass is 327 g/mol. The summed E-state index contributed by atoms with van der Waals surface area (Å²) in [7, 11) is 0. The van der Waals surface area contributed by atoms with Crippen LogP contribution in [0.25, 0.3) is 5.65 Å². The molecule has 1 aliphatic heterocycles. The van der Waals surface area contributed by atoms with Crippen LogP contribution in [-0.4, -0.2) is 50.2 Å². The van der Waals surface area contributed by atoms with E-state index in [1.165, 1.54) is 11.1 Å². The minimum Gasteiger partial charge on any atom is -0.380 e. The maximum Gasteiger partial charge on any atom is 0.417 e. The summed E-state index contributed by atoms with van der Waals surface area (Å²) in [5.74, 6) is -0.382. The number of hydrogen-bond donors (Lipinski definition) is 1. The number of halogens is 3. The highest BCUT2D eigenvalue weighted by Gasteiger charge is 2.55. The summed E-state index contributed by atoms with van der Waals surface area (Å²) in [5, 5.41) is 9.67. The van der Waals surface area contributed by atoms with Gasteiger partial charge in [0.15, 0.2) is 5.60 Å². The highest BCUT2D eigenvalue weighted by atomic mass is 19.4. The van der Waals surface area contributed by atoms with Crippen LogP contribution in [0.2, 0.25) is 0 Å². The lowest BCUT2D eigenvalue weighted by Gasteiger charge is -2.38. The number of amides is 1. The number of alkyl halides is 3. The lowest BCUT2D eigenvalue weighted by molar-refractivity contribution is -0.271. The van der Waals surface area contributed by atoms with Crippen molar-refractivity contribution in [1.29, 1.82) is 0 Å². The lowest BCUT2D eigenvalue weighted by Crippen LogP contribution is -2.54. The number of fused-ring (bicyclic) bond motifs is 1. The lowest BCUT2D eigenvalue weighted by atomic mass is 9.90. The van der Waals surface area contributed by atoms with Crippen molar-refractivity contribution >= 4 is 11.6 Å². The number of rotatable bonds is 1. The molecule has 3 rings (SSSR count). The first-order valence-corrected chi connectivity index (χ1v) is 7.23. The van der Waals surface area contributed by atoms with Crippen molar-refractivity contribution in [1.82, 2.24) is 14.3 Å². The molecule has 1 N–H and O–H groups in total. The summed E-state index contributed by atoms with van der Waals surface area (Å²) in [6.45, 7) is 1.58. The van der Waals surface area contributed by atoms with E-state index in [2.05, 4.69) is 4.98 Å². The number of pyridine rings is 1. The molecule has 1 aliphatic rings. The third-order valence-electron chi connectivity index (χ3n) is 4.28. The van der Waals surface area contributed by atoms with Crippen LogP contribution in [-0.2, 0) is 0 Å². The van der Waals surface area contributed by atoms with Crippen LogP contribution in [0.5, 0.6) is 0 Å². The van der Waals surface area contributed by atoms with Crippen LogP contribution >= 0.6 is 0 Å². The summed E-state index contributed by atoms with van der Waals surface area (Å²) in [6, 6.07) is 3.63. The first kappa shape index (κ1) is 15.8. The van der Waals surface area contributed by atoms with Gasteiger partial charge in [0.1, 0.15) is 11.3 Å². The fourth-order valence-electron chi connectivity index (χ4n) is 2.77. The molecule has 0 unspecified atom stereocenters. The molecule has 2 aromatic heterocycles. The topological polar surface area (TPSA) is 57.8 Å². The van der Waals surface area contributed by atoms with Gasteiger partial charge in [-0.25, -0.2) is 4.98 Å². The van der Waals surface area contributed by atoms with Gasteiger partial charge in [-0.15, -0.1) is 0 Å². The zero-order valence-corrected chi connectivity index (χ0v) is 12.5. The van der Waals surface area contributed by atoms with Gasteiger partial charge in [-0.1, -0.05) is 6.07 Å². The molecule has 0 bridgehead atoms. The zero-order valence-electron chi connectivity index (χ0n) is 12.5. The molecule has 124 valence electrons. The first-order valence-electron chi connectivity index (χ1n) is 7.23. The molecule has 0 atom stereocenters. The van der Waals surface area contributed by atoms with E-state index in [1.807, 2.05) is 13.0 Å². The van der Waals surface area contributed by atoms with Crippen LogP contribution in [0.15, 0.2) is 24.5 Å². The number of likely N-dealkylation sites (tertiary alicyclic amines) is 1. The molecule has 0 radical (unpaired) electrons. The number of aliphatic hydroxyl groups is 1. The Morgan fingerprint density at radius 3 is 2.57 bits per heavy atom. The maximum absolute atomic E-state index is 12.8. The Morgan fingerprint density at radius 2 is 1.96 bits per heavy atom. The molecule has 0 spiro atoms. The molecule has 1 amide bonds. The van der Waals surface area contributed by atoms with E-state index in [1.54, 1.807) is 16.7 Å². The van der Waals surface area contributed by atoms with Gasteiger partial charge in [0.2, 0.25) is 0 Å². The number of carbonyl (C=O) groups is 1. The number of nitrogens with zero attached hydrogens (tertiary/aromatic N) is 3. The highest BCUT2D eigenvalue weighted by Crippen LogP contribution is 2.38. The van der Waals surface area contributed by atoms with E-state index in [-0.39, 0.29) is 19.0 Å². The fraction of sp³-hybridized carbons (Fsp3) is 0.467. The standard InChI is InChI=1S/C15H16F3N3O2/c1-10-2-3-12-19-8-11(21(12)9-10)13(22)20-6-4-14(23,5-7-20)15(16,17)18/h2-3,8-9,23H,4-7H2,1H3. The zero-order chi connectivity index (χ0) is 16.8. The molecular formula is C15H16F3N3O2. The van der Waals surface area contributed by atoms with Crippen molar-refractivity contribution in [2.24, 2.45) is 0 Å². The molecule has 23 heavy (non-hydrogen) atoms.